The van der Waals surface area contributed by atoms with Gasteiger partial charge in [0.25, 0.3) is 0 Å². The quantitative estimate of drug-likeness (QED) is 0.475. The first kappa shape index (κ1) is 9.60. The van der Waals surface area contributed by atoms with Gasteiger partial charge in [-0.15, -0.1) is 0 Å². The number of hydrogen-bond donors (Lipinski definition) is 2. The van der Waals surface area contributed by atoms with Crippen molar-refractivity contribution in [3.63, 3.8) is 0 Å². The fourth-order valence-electron chi connectivity index (χ4n) is 0. The van der Waals surface area contributed by atoms with E-state index in [4.69, 9.17) is 11.5 Å². The minimum Gasteiger partial charge on any atom is -0.403 e. The van der Waals surface area contributed by atoms with Crippen molar-refractivity contribution in [2.75, 3.05) is 0 Å². The van der Waals surface area contributed by atoms with Crippen LogP contribution in [0.4, 0.5) is 0 Å². The molecule has 0 radical (unpaired) electrons. The molecule has 0 spiro atoms. The van der Waals surface area contributed by atoms with Crippen LogP contribution in [0.1, 0.15) is 20.3 Å². The predicted octanol–water partition coefficient (Wildman–Crippen LogP) is 0.791. The molecule has 0 heterocycles. The fraction of sp³-hybridized carbons (Fsp3) is 0.600. The summed E-state index contributed by atoms with van der Waals surface area (Å²) >= 11 is 0. The lowest BCUT2D eigenvalue weighted by atomic mass is 10.6. The van der Waals surface area contributed by atoms with Crippen molar-refractivity contribution in [3.05, 3.63) is 12.4 Å². The van der Waals surface area contributed by atoms with Gasteiger partial charge in [0.15, 0.2) is 0 Å². The molecular formula is C5H14N2. The highest BCUT2D eigenvalue weighted by atomic mass is 14.6. The largest absolute Gasteiger partial charge is 0.403 e. The summed E-state index contributed by atoms with van der Waals surface area (Å²) in [6.45, 7) is 4.25. The van der Waals surface area contributed by atoms with Gasteiger partial charge in [-0.2, -0.15) is 0 Å². The molecule has 0 aliphatic carbocycles. The third-order valence-electron chi connectivity index (χ3n) is 0.111. The third-order valence-corrected chi connectivity index (χ3v) is 0.111. The summed E-state index contributed by atoms with van der Waals surface area (Å²) in [6.07, 6.45) is 3.81. The zero-order chi connectivity index (χ0) is 6.12. The molecule has 0 aliphatic heterocycles. The molecule has 0 bridgehead atoms. The van der Waals surface area contributed by atoms with E-state index in [0.717, 1.165) is 0 Å². The Labute approximate surface area is 45.2 Å². The Bertz CT molecular complexity index is 29.1. The van der Waals surface area contributed by atoms with Gasteiger partial charge in [-0.05, 0) is 0 Å². The van der Waals surface area contributed by atoms with Gasteiger partial charge in [0.1, 0.15) is 0 Å². The lowest BCUT2D eigenvalue weighted by molar-refractivity contribution is 1.09. The van der Waals surface area contributed by atoms with Gasteiger partial charge in [-0.25, -0.2) is 0 Å². The summed E-state index contributed by atoms with van der Waals surface area (Å²) in [5.41, 5.74) is 9.44. The van der Waals surface area contributed by atoms with E-state index in [-0.39, 0.29) is 0 Å². The van der Waals surface area contributed by atoms with Crippen molar-refractivity contribution in [2.24, 2.45) is 11.5 Å². The van der Waals surface area contributed by atoms with Crippen molar-refractivity contribution in [2.45, 2.75) is 20.3 Å². The second-order valence-electron chi connectivity index (χ2n) is 1.09. The number of nitrogens with two attached hydrogens (primary N) is 2. The van der Waals surface area contributed by atoms with Crippen LogP contribution in [0.5, 0.6) is 0 Å². The molecule has 0 saturated heterocycles. The maximum atomic E-state index is 4.72. The Morgan fingerprint density at radius 3 is 1.29 bits per heavy atom. The van der Waals surface area contributed by atoms with Gasteiger partial charge in [0.2, 0.25) is 0 Å². The molecule has 0 atom stereocenters. The highest BCUT2D eigenvalue weighted by molar-refractivity contribution is 4.64. The Morgan fingerprint density at radius 2 is 1.29 bits per heavy atom. The van der Waals surface area contributed by atoms with Crippen molar-refractivity contribution in [1.29, 1.82) is 0 Å². The van der Waals surface area contributed by atoms with Gasteiger partial charge < -0.3 is 11.5 Å². The molecule has 2 heteroatoms. The SMILES string of the molecule is CCC.N/C=C\N. The molecule has 0 aliphatic rings. The molecule has 0 amide bonds. The summed E-state index contributed by atoms with van der Waals surface area (Å²) in [4.78, 5) is 0. The van der Waals surface area contributed by atoms with E-state index < -0.39 is 0 Å². The minimum atomic E-state index is 1.25. The second kappa shape index (κ2) is 18.4. The van der Waals surface area contributed by atoms with Gasteiger partial charge in [-0.1, -0.05) is 20.3 Å². The van der Waals surface area contributed by atoms with Crippen molar-refractivity contribution in [3.8, 4) is 0 Å². The average Bonchev–Trinajstić information content (AvgIpc) is 1.69. The van der Waals surface area contributed by atoms with E-state index in [1.165, 1.54) is 18.8 Å². The van der Waals surface area contributed by atoms with Gasteiger partial charge in [0.05, 0.1) is 0 Å². The zero-order valence-electron chi connectivity index (χ0n) is 5.02. The zero-order valence-corrected chi connectivity index (χ0v) is 5.02. The molecule has 4 N–H and O–H groups in total. The fourth-order valence-corrected chi connectivity index (χ4v) is 0. The van der Waals surface area contributed by atoms with Gasteiger partial charge >= 0.3 is 0 Å². The molecular weight excluding hydrogens is 88.1 g/mol. The first-order valence-electron chi connectivity index (χ1n) is 2.41. The molecule has 0 unspecified atom stereocenters. The van der Waals surface area contributed by atoms with Crippen LogP contribution in [0.25, 0.3) is 0 Å². The first-order chi connectivity index (χ1) is 3.33. The van der Waals surface area contributed by atoms with E-state index in [1.54, 1.807) is 0 Å². The molecule has 0 fully saturated rings. The van der Waals surface area contributed by atoms with Crippen LogP contribution in [0.2, 0.25) is 0 Å². The Morgan fingerprint density at radius 1 is 1.14 bits per heavy atom. The summed E-state index contributed by atoms with van der Waals surface area (Å²) in [6, 6.07) is 0. The van der Waals surface area contributed by atoms with E-state index in [2.05, 4.69) is 13.8 Å². The maximum Gasteiger partial charge on any atom is 0.00957 e. The van der Waals surface area contributed by atoms with E-state index in [9.17, 15) is 0 Å². The molecule has 0 aromatic carbocycles. The van der Waals surface area contributed by atoms with Crippen molar-refractivity contribution in [1.82, 2.24) is 0 Å². The first-order valence-corrected chi connectivity index (χ1v) is 2.41. The van der Waals surface area contributed by atoms with E-state index in [0.29, 0.717) is 0 Å². The van der Waals surface area contributed by atoms with Crippen LogP contribution in [-0.2, 0) is 0 Å². The van der Waals surface area contributed by atoms with Crippen LogP contribution < -0.4 is 11.5 Å². The van der Waals surface area contributed by atoms with Crippen molar-refractivity contribution < 1.29 is 0 Å². The summed E-state index contributed by atoms with van der Waals surface area (Å²) < 4.78 is 0. The lowest BCUT2D eigenvalue weighted by Crippen LogP contribution is -1.81. The van der Waals surface area contributed by atoms with Crippen LogP contribution in [0.15, 0.2) is 12.4 Å². The Kier molecular flexibility index (Phi) is 25.2. The topological polar surface area (TPSA) is 52.0 Å². The van der Waals surface area contributed by atoms with Gasteiger partial charge in [-0.3, -0.25) is 0 Å². The maximum absolute atomic E-state index is 4.72. The lowest BCUT2D eigenvalue weighted by Gasteiger charge is -1.56. The summed E-state index contributed by atoms with van der Waals surface area (Å²) in [5.74, 6) is 0. The standard InChI is InChI=1S/C3H8.C2H6N2/c1-3-2;3-1-2-4/h3H2,1-2H3;1-2H,3-4H2/b;2-1-. The molecule has 0 saturated carbocycles. The average molecular weight is 102 g/mol. The van der Waals surface area contributed by atoms with Gasteiger partial charge in [0, 0.05) is 12.4 Å². The predicted molar refractivity (Wildman–Crippen MR) is 33.5 cm³/mol. The monoisotopic (exact) mass is 102 g/mol. The normalized spacial score (nSPS) is 7.71. The van der Waals surface area contributed by atoms with E-state index >= 15 is 0 Å². The summed E-state index contributed by atoms with van der Waals surface area (Å²) in [7, 11) is 0. The summed E-state index contributed by atoms with van der Waals surface area (Å²) in [5, 5.41) is 0. The van der Waals surface area contributed by atoms with Crippen molar-refractivity contribution >= 4 is 0 Å². The minimum absolute atomic E-state index is 1.25. The molecule has 7 heavy (non-hydrogen) atoms. The molecule has 0 aromatic heterocycles. The Hall–Kier alpha value is -0.660. The number of hydrogen-bond acceptors (Lipinski definition) is 2. The van der Waals surface area contributed by atoms with Crippen LogP contribution in [-0.4, -0.2) is 0 Å². The molecule has 0 aromatic rings. The smallest absolute Gasteiger partial charge is 0.00957 e. The van der Waals surface area contributed by atoms with Crippen LogP contribution >= 0.6 is 0 Å². The molecule has 44 valence electrons. The molecule has 0 rings (SSSR count). The van der Waals surface area contributed by atoms with E-state index in [1.807, 2.05) is 0 Å². The highest BCUT2D eigenvalue weighted by Crippen LogP contribution is 1.56. The number of rotatable bonds is 0. The van der Waals surface area contributed by atoms with Crippen LogP contribution in [0.3, 0.4) is 0 Å². The highest BCUT2D eigenvalue weighted by Gasteiger charge is 1.35. The molecule has 2 nitrogen and oxygen atoms in total. The second-order valence-corrected chi connectivity index (χ2v) is 1.09. The third kappa shape index (κ3) is 515. The Balaban J connectivity index is 0. The van der Waals surface area contributed by atoms with Crippen LogP contribution in [0, 0.1) is 0 Å².